The molecule has 2 saturated heterocycles. The van der Waals surface area contributed by atoms with Crippen molar-refractivity contribution in [2.45, 2.75) is 31.7 Å². The van der Waals surface area contributed by atoms with Crippen molar-refractivity contribution in [1.29, 1.82) is 0 Å². The fourth-order valence-corrected chi connectivity index (χ4v) is 4.36. The van der Waals surface area contributed by atoms with Crippen molar-refractivity contribution in [3.63, 3.8) is 0 Å². The first kappa shape index (κ1) is 24.5. The van der Waals surface area contributed by atoms with Crippen LogP contribution in [-0.2, 0) is 0 Å². The van der Waals surface area contributed by atoms with Crippen molar-refractivity contribution in [1.82, 2.24) is 19.9 Å². The Morgan fingerprint density at radius 1 is 1.07 bits per heavy atom. The first-order valence-corrected chi connectivity index (χ1v) is 9.77. The first-order chi connectivity index (χ1) is 13.3. The third kappa shape index (κ3) is 4.75. The molecular weight excluding hydrogens is 447 g/mol. The van der Waals surface area contributed by atoms with E-state index in [1.807, 2.05) is 18.2 Å². The monoisotopic (exact) mass is 472 g/mol. The van der Waals surface area contributed by atoms with Crippen LogP contribution >= 0.6 is 37.2 Å². The fourth-order valence-electron chi connectivity index (χ4n) is 4.36. The zero-order valence-electron chi connectivity index (χ0n) is 16.5. The van der Waals surface area contributed by atoms with Crippen LogP contribution in [0.25, 0.3) is 11.6 Å². The zero-order valence-corrected chi connectivity index (χ0v) is 19.0. The van der Waals surface area contributed by atoms with Gasteiger partial charge in [-0.1, -0.05) is 0 Å². The molecule has 5 rings (SSSR count). The van der Waals surface area contributed by atoms with Crippen molar-refractivity contribution in [3.8, 4) is 5.88 Å². The maximum atomic E-state index is 10.3. The number of nitrogens with one attached hydrogen (secondary N) is 1. The Morgan fingerprint density at radius 2 is 1.80 bits per heavy atom. The van der Waals surface area contributed by atoms with Crippen molar-refractivity contribution < 1.29 is 5.11 Å². The number of aromatic amines is 1. The molecular formula is C20H27Cl3N6O. The van der Waals surface area contributed by atoms with Crippen LogP contribution in [0.4, 0.5) is 11.8 Å². The lowest BCUT2D eigenvalue weighted by atomic mass is 10.0. The molecule has 0 bridgehead atoms. The Morgan fingerprint density at radius 3 is 2.53 bits per heavy atom. The number of aromatic hydroxyl groups is 1. The third-order valence-electron chi connectivity index (χ3n) is 5.84. The number of aromatic nitrogens is 3. The molecule has 0 aromatic carbocycles. The second-order valence-electron chi connectivity index (χ2n) is 7.49. The van der Waals surface area contributed by atoms with E-state index in [0.29, 0.717) is 17.6 Å². The van der Waals surface area contributed by atoms with Gasteiger partial charge in [0.1, 0.15) is 5.69 Å². The summed E-state index contributed by atoms with van der Waals surface area (Å²) >= 11 is 0. The summed E-state index contributed by atoms with van der Waals surface area (Å²) in [5, 5.41) is 10.3. The molecule has 2 fully saturated rings. The molecule has 7 nitrogen and oxygen atoms in total. The number of pyridine rings is 1. The molecule has 0 spiro atoms. The fraction of sp³-hybridized carbons (Fsp3) is 0.450. The molecule has 0 unspecified atom stereocenters. The molecule has 0 radical (unpaired) electrons. The molecule has 2 N–H and O–H groups in total. The van der Waals surface area contributed by atoms with E-state index in [4.69, 9.17) is 0 Å². The first-order valence-electron chi connectivity index (χ1n) is 9.77. The van der Waals surface area contributed by atoms with Crippen LogP contribution in [0.3, 0.4) is 0 Å². The number of H-pyrrole nitrogens is 1. The molecule has 0 amide bonds. The van der Waals surface area contributed by atoms with Crippen molar-refractivity contribution in [2.24, 2.45) is 4.99 Å². The van der Waals surface area contributed by atoms with Gasteiger partial charge in [-0.25, -0.2) is 9.98 Å². The minimum absolute atomic E-state index is 0. The summed E-state index contributed by atoms with van der Waals surface area (Å²) in [6.07, 6.45) is 10.4. The summed E-state index contributed by atoms with van der Waals surface area (Å²) in [4.78, 5) is 21.1. The predicted octanol–water partition coefficient (Wildman–Crippen LogP) is 4.10. The van der Waals surface area contributed by atoms with Gasteiger partial charge in [0.15, 0.2) is 5.82 Å². The van der Waals surface area contributed by atoms with E-state index in [0.717, 1.165) is 43.0 Å². The summed E-state index contributed by atoms with van der Waals surface area (Å²) in [5.74, 6) is 1.50. The molecule has 2 aromatic rings. The van der Waals surface area contributed by atoms with Crippen molar-refractivity contribution in [3.05, 3.63) is 29.6 Å². The molecule has 3 aliphatic rings. The summed E-state index contributed by atoms with van der Waals surface area (Å²) in [5.41, 5.74) is 2.51. The molecule has 5 heterocycles. The summed E-state index contributed by atoms with van der Waals surface area (Å²) < 4.78 is 0. The lowest BCUT2D eigenvalue weighted by molar-refractivity contribution is 0.207. The van der Waals surface area contributed by atoms with Crippen LogP contribution < -0.4 is 4.90 Å². The molecule has 3 aliphatic heterocycles. The highest BCUT2D eigenvalue weighted by Crippen LogP contribution is 2.32. The van der Waals surface area contributed by atoms with Crippen LogP contribution in [0.2, 0.25) is 0 Å². The number of fused-ring (bicyclic) bond motifs is 1. The van der Waals surface area contributed by atoms with Crippen LogP contribution in [0, 0.1) is 0 Å². The number of halogens is 3. The topological polar surface area (TPSA) is 80.6 Å². The van der Waals surface area contributed by atoms with E-state index < -0.39 is 0 Å². The third-order valence-corrected chi connectivity index (χ3v) is 5.84. The number of rotatable bonds is 3. The largest absolute Gasteiger partial charge is 0.492 e. The lowest BCUT2D eigenvalue weighted by Gasteiger charge is -2.36. The quantitative estimate of drug-likeness (QED) is 0.701. The van der Waals surface area contributed by atoms with Gasteiger partial charge in [-0.3, -0.25) is 0 Å². The van der Waals surface area contributed by atoms with Crippen LogP contribution in [0.5, 0.6) is 5.88 Å². The van der Waals surface area contributed by atoms with E-state index in [1.165, 1.54) is 25.9 Å². The van der Waals surface area contributed by atoms with Gasteiger partial charge in [0, 0.05) is 42.7 Å². The highest BCUT2D eigenvalue weighted by Gasteiger charge is 2.28. The average Bonchev–Trinajstić information content (AvgIpc) is 3.44. The zero-order chi connectivity index (χ0) is 18.2. The normalized spacial score (nSPS) is 19.9. The summed E-state index contributed by atoms with van der Waals surface area (Å²) in [7, 11) is 0. The average molecular weight is 474 g/mol. The second kappa shape index (κ2) is 10.5. The lowest BCUT2D eigenvalue weighted by Crippen LogP contribution is -2.44. The van der Waals surface area contributed by atoms with Crippen molar-refractivity contribution >= 4 is 66.9 Å². The van der Waals surface area contributed by atoms with Gasteiger partial charge in [0.2, 0.25) is 11.8 Å². The van der Waals surface area contributed by atoms with E-state index in [2.05, 4.69) is 29.7 Å². The van der Waals surface area contributed by atoms with E-state index >= 15 is 0 Å². The van der Waals surface area contributed by atoms with Gasteiger partial charge in [0.25, 0.3) is 0 Å². The van der Waals surface area contributed by atoms with Gasteiger partial charge in [-0.15, -0.1) is 37.2 Å². The number of hydrogen-bond donors (Lipinski definition) is 2. The molecule has 10 heteroatoms. The second-order valence-corrected chi connectivity index (χ2v) is 7.49. The minimum atomic E-state index is 0. The number of hydrogen-bond acceptors (Lipinski definition) is 6. The maximum absolute atomic E-state index is 10.3. The molecule has 0 atom stereocenters. The van der Waals surface area contributed by atoms with E-state index in [1.54, 1.807) is 12.4 Å². The SMILES string of the molecule is Cl.Cl.Cl.Oc1nc(N2CCC(N3CCCC3)CC2)[nH]c1C=C1C=Nc2ncccc21. The number of piperidine rings is 1. The standard InChI is InChI=1S/C20H24N6O.3ClH/c27-19-17(12-14-13-22-18-16(14)4-3-7-21-18)23-20(24-19)26-10-5-15(6-11-26)25-8-1-2-9-25;;;/h3-4,7,12-13,15,27H,1-2,5-6,8-11H2,(H,23,24);3*1H. The highest BCUT2D eigenvalue weighted by atomic mass is 35.5. The number of likely N-dealkylation sites (tertiary alicyclic amines) is 1. The van der Waals surface area contributed by atoms with Crippen LogP contribution in [0.15, 0.2) is 23.3 Å². The van der Waals surface area contributed by atoms with E-state index in [-0.39, 0.29) is 43.1 Å². The Kier molecular flexibility index (Phi) is 8.55. The number of aliphatic imine (C=N–C) groups is 1. The Balaban J connectivity index is 0.00000107. The van der Waals surface area contributed by atoms with Gasteiger partial charge in [0.05, 0.1) is 0 Å². The Labute approximate surface area is 194 Å². The number of nitrogens with zero attached hydrogens (tertiary/aromatic N) is 5. The van der Waals surface area contributed by atoms with Crippen LogP contribution in [-0.4, -0.2) is 63.4 Å². The minimum Gasteiger partial charge on any atom is -0.492 e. The Hall–Kier alpha value is -1.80. The van der Waals surface area contributed by atoms with Gasteiger partial charge >= 0.3 is 0 Å². The number of allylic oxidation sites excluding steroid dienone is 1. The molecule has 0 aliphatic carbocycles. The maximum Gasteiger partial charge on any atom is 0.238 e. The molecule has 30 heavy (non-hydrogen) atoms. The van der Waals surface area contributed by atoms with Gasteiger partial charge < -0.3 is 19.9 Å². The number of imidazole rings is 1. The van der Waals surface area contributed by atoms with Crippen molar-refractivity contribution in [2.75, 3.05) is 31.1 Å². The molecule has 0 saturated carbocycles. The molecule has 2 aromatic heterocycles. The number of anilines is 1. The van der Waals surface area contributed by atoms with Crippen LogP contribution in [0.1, 0.15) is 36.9 Å². The smallest absolute Gasteiger partial charge is 0.238 e. The Bertz CT molecular complexity index is 902. The highest BCUT2D eigenvalue weighted by molar-refractivity contribution is 6.20. The van der Waals surface area contributed by atoms with E-state index in [9.17, 15) is 5.11 Å². The molecule has 164 valence electrons. The van der Waals surface area contributed by atoms with Gasteiger partial charge in [-0.2, -0.15) is 4.98 Å². The van der Waals surface area contributed by atoms with Gasteiger partial charge in [-0.05, 0) is 57.0 Å². The predicted molar refractivity (Wildman–Crippen MR) is 128 cm³/mol. The summed E-state index contributed by atoms with van der Waals surface area (Å²) in [6, 6.07) is 4.58. The summed E-state index contributed by atoms with van der Waals surface area (Å²) in [6.45, 7) is 4.44.